The Balaban J connectivity index is 2.98. The molecule has 1 N–H and O–H groups in total. The Bertz CT molecular complexity index is 654. The van der Waals surface area contributed by atoms with Crippen molar-refractivity contribution in [2.24, 2.45) is 0 Å². The molecule has 0 saturated carbocycles. The van der Waals surface area contributed by atoms with Gasteiger partial charge in [0.2, 0.25) is 11.2 Å². The molecule has 17 heavy (non-hydrogen) atoms. The molecule has 1 aromatic heterocycles. The van der Waals surface area contributed by atoms with Gasteiger partial charge in [-0.15, -0.1) is 0 Å². The highest BCUT2D eigenvalue weighted by Gasteiger charge is 2.21. The number of para-hydroxylation sites is 1. The first kappa shape index (κ1) is 11.2. The van der Waals surface area contributed by atoms with E-state index in [0.29, 0.717) is 10.9 Å². The van der Waals surface area contributed by atoms with Crippen LogP contribution in [0.3, 0.4) is 0 Å². The number of carbonyl (C=O) groups is 1. The molecule has 88 valence electrons. The molecule has 2 rings (SSSR count). The summed E-state index contributed by atoms with van der Waals surface area (Å²) in [7, 11) is 1.24. The van der Waals surface area contributed by atoms with Gasteiger partial charge in [0.05, 0.1) is 12.5 Å². The Hall–Kier alpha value is -2.30. The molecule has 0 aliphatic carbocycles. The average molecular weight is 234 g/mol. The Kier molecular flexibility index (Phi) is 2.59. The van der Waals surface area contributed by atoms with Crippen molar-refractivity contribution in [1.82, 2.24) is 0 Å². The highest BCUT2D eigenvalue weighted by atomic mass is 16.5. The van der Waals surface area contributed by atoms with Crippen LogP contribution in [0.5, 0.6) is 5.75 Å². The zero-order chi connectivity index (χ0) is 12.6. The van der Waals surface area contributed by atoms with E-state index in [1.807, 2.05) is 0 Å². The molecule has 5 nitrogen and oxygen atoms in total. The van der Waals surface area contributed by atoms with Crippen molar-refractivity contribution in [2.75, 3.05) is 7.11 Å². The fourth-order valence-electron chi connectivity index (χ4n) is 1.67. The molecule has 1 aromatic carbocycles. The Morgan fingerprint density at radius 1 is 1.41 bits per heavy atom. The molecule has 1 heterocycles. The fourth-order valence-corrected chi connectivity index (χ4v) is 1.67. The molecular formula is C12H10O5. The number of rotatable bonds is 2. The zero-order valence-electron chi connectivity index (χ0n) is 9.31. The zero-order valence-corrected chi connectivity index (χ0v) is 9.31. The first-order valence-corrected chi connectivity index (χ1v) is 4.90. The monoisotopic (exact) mass is 234 g/mol. The van der Waals surface area contributed by atoms with Crippen molar-refractivity contribution in [3.8, 4) is 5.75 Å². The van der Waals surface area contributed by atoms with E-state index in [1.165, 1.54) is 7.11 Å². The van der Waals surface area contributed by atoms with Crippen LogP contribution in [-0.4, -0.2) is 18.2 Å². The predicted molar refractivity (Wildman–Crippen MR) is 60.7 cm³/mol. The summed E-state index contributed by atoms with van der Waals surface area (Å²) in [6, 6.07) is 5.01. The van der Waals surface area contributed by atoms with Crippen LogP contribution < -0.4 is 10.2 Å². The van der Waals surface area contributed by atoms with Gasteiger partial charge in [-0.2, -0.15) is 0 Å². The van der Waals surface area contributed by atoms with E-state index >= 15 is 0 Å². The average Bonchev–Trinajstić information content (AvgIpc) is 2.30. The summed E-state index contributed by atoms with van der Waals surface area (Å²) in [5.74, 6) is -2.08. The van der Waals surface area contributed by atoms with E-state index in [1.54, 1.807) is 25.1 Å². The molecule has 0 unspecified atom stereocenters. The molecule has 0 radical (unpaired) electrons. The van der Waals surface area contributed by atoms with Crippen LogP contribution in [-0.2, 0) is 0 Å². The molecule has 5 heteroatoms. The number of benzene rings is 1. The molecule has 0 amide bonds. The highest BCUT2D eigenvalue weighted by Crippen LogP contribution is 2.22. The molecule has 0 spiro atoms. The lowest BCUT2D eigenvalue weighted by Crippen LogP contribution is -2.12. The first-order valence-electron chi connectivity index (χ1n) is 4.90. The fraction of sp³-hybridized carbons (Fsp3) is 0.167. The number of carboxylic acids is 1. The standard InChI is InChI=1S/C12H10O5/c1-6-4-3-5-7-8(13)10(16-2)11(12(14)15)17-9(6)7/h3-5H,1-2H3,(H,14,15). The second-order valence-corrected chi connectivity index (χ2v) is 3.55. The highest BCUT2D eigenvalue weighted by molar-refractivity contribution is 5.91. The van der Waals surface area contributed by atoms with Gasteiger partial charge in [-0.3, -0.25) is 4.79 Å². The Labute approximate surface area is 96.2 Å². The first-order chi connectivity index (χ1) is 8.06. The number of hydrogen-bond donors (Lipinski definition) is 1. The minimum Gasteiger partial charge on any atom is -0.489 e. The molecule has 2 aromatic rings. The minimum absolute atomic E-state index is 0.274. The number of hydrogen-bond acceptors (Lipinski definition) is 4. The summed E-state index contributed by atoms with van der Waals surface area (Å²) in [6.45, 7) is 1.74. The second-order valence-electron chi connectivity index (χ2n) is 3.55. The van der Waals surface area contributed by atoms with Gasteiger partial charge < -0.3 is 14.3 Å². The van der Waals surface area contributed by atoms with Gasteiger partial charge in [-0.25, -0.2) is 4.79 Å². The van der Waals surface area contributed by atoms with E-state index in [-0.39, 0.29) is 11.3 Å². The van der Waals surface area contributed by atoms with Crippen molar-refractivity contribution >= 4 is 16.9 Å². The number of aryl methyl sites for hydroxylation is 1. The molecule has 0 fully saturated rings. The molecule has 0 atom stereocenters. The van der Waals surface area contributed by atoms with Crippen LogP contribution in [0.25, 0.3) is 11.0 Å². The van der Waals surface area contributed by atoms with Crippen LogP contribution >= 0.6 is 0 Å². The summed E-state index contributed by atoms with van der Waals surface area (Å²) in [6.07, 6.45) is 0. The van der Waals surface area contributed by atoms with Crippen molar-refractivity contribution in [1.29, 1.82) is 0 Å². The normalized spacial score (nSPS) is 10.5. The van der Waals surface area contributed by atoms with Gasteiger partial charge in [0.15, 0.2) is 0 Å². The number of methoxy groups -OCH3 is 1. The van der Waals surface area contributed by atoms with Gasteiger partial charge in [-0.1, -0.05) is 12.1 Å². The van der Waals surface area contributed by atoms with Gasteiger partial charge in [0, 0.05) is 0 Å². The smallest absolute Gasteiger partial charge is 0.375 e. The molecule has 0 bridgehead atoms. The topological polar surface area (TPSA) is 76.7 Å². The van der Waals surface area contributed by atoms with Crippen LogP contribution in [0.1, 0.15) is 16.1 Å². The SMILES string of the molecule is COc1c(C(=O)O)oc2c(C)cccc2c1=O. The molecule has 0 aliphatic rings. The van der Waals surface area contributed by atoms with E-state index in [0.717, 1.165) is 0 Å². The summed E-state index contributed by atoms with van der Waals surface area (Å²) >= 11 is 0. The van der Waals surface area contributed by atoms with E-state index in [9.17, 15) is 9.59 Å². The Morgan fingerprint density at radius 2 is 2.12 bits per heavy atom. The van der Waals surface area contributed by atoms with Crippen LogP contribution in [0.2, 0.25) is 0 Å². The van der Waals surface area contributed by atoms with Gasteiger partial charge in [0.25, 0.3) is 5.76 Å². The second kappa shape index (κ2) is 3.93. The Morgan fingerprint density at radius 3 is 2.71 bits per heavy atom. The summed E-state index contributed by atoms with van der Waals surface area (Å²) in [5, 5.41) is 9.27. The maximum atomic E-state index is 12.0. The van der Waals surface area contributed by atoms with Crippen molar-refractivity contribution in [2.45, 2.75) is 6.92 Å². The number of carboxylic acid groups (broad SMARTS) is 1. The van der Waals surface area contributed by atoms with E-state index in [2.05, 4.69) is 0 Å². The maximum Gasteiger partial charge on any atom is 0.375 e. The van der Waals surface area contributed by atoms with Crippen molar-refractivity contribution in [3.05, 3.63) is 39.7 Å². The predicted octanol–water partition coefficient (Wildman–Crippen LogP) is 1.81. The van der Waals surface area contributed by atoms with E-state index < -0.39 is 17.2 Å². The quantitative estimate of drug-likeness (QED) is 0.857. The van der Waals surface area contributed by atoms with Crippen LogP contribution in [0.4, 0.5) is 0 Å². The molecule has 0 aliphatic heterocycles. The summed E-state index contributed by atoms with van der Waals surface area (Å²) < 4.78 is 10.0. The van der Waals surface area contributed by atoms with Crippen LogP contribution in [0, 0.1) is 6.92 Å². The van der Waals surface area contributed by atoms with Crippen molar-refractivity contribution in [3.63, 3.8) is 0 Å². The van der Waals surface area contributed by atoms with Crippen LogP contribution in [0.15, 0.2) is 27.4 Å². The maximum absolute atomic E-state index is 12.0. The molecule has 0 saturated heterocycles. The third kappa shape index (κ3) is 1.65. The summed E-state index contributed by atoms with van der Waals surface area (Å²) in [5.41, 5.74) is 0.496. The van der Waals surface area contributed by atoms with Crippen molar-refractivity contribution < 1.29 is 19.1 Å². The van der Waals surface area contributed by atoms with Gasteiger partial charge >= 0.3 is 5.97 Å². The van der Waals surface area contributed by atoms with E-state index in [4.69, 9.17) is 14.3 Å². The number of aromatic carboxylic acids is 1. The number of fused-ring (bicyclic) bond motifs is 1. The summed E-state index contributed by atoms with van der Waals surface area (Å²) in [4.78, 5) is 23.0. The van der Waals surface area contributed by atoms with Gasteiger partial charge in [-0.05, 0) is 18.6 Å². The lowest BCUT2D eigenvalue weighted by Gasteiger charge is -2.06. The minimum atomic E-state index is -1.33. The third-order valence-electron chi connectivity index (χ3n) is 2.47. The number of ether oxygens (including phenoxy) is 1. The third-order valence-corrected chi connectivity index (χ3v) is 2.47. The van der Waals surface area contributed by atoms with Gasteiger partial charge in [0.1, 0.15) is 5.58 Å². The largest absolute Gasteiger partial charge is 0.489 e. The lowest BCUT2D eigenvalue weighted by molar-refractivity contribution is 0.0657. The lowest BCUT2D eigenvalue weighted by atomic mass is 10.1. The molecular weight excluding hydrogens is 224 g/mol.